The van der Waals surface area contributed by atoms with Crippen molar-refractivity contribution in [3.05, 3.63) is 22.4 Å². The van der Waals surface area contributed by atoms with Crippen molar-refractivity contribution in [2.24, 2.45) is 10.9 Å². The molecule has 28 heavy (non-hydrogen) atoms. The number of likely N-dealkylation sites (tertiary alicyclic amines) is 1. The van der Waals surface area contributed by atoms with Gasteiger partial charge < -0.3 is 10.6 Å². The lowest BCUT2D eigenvalue weighted by Gasteiger charge is -2.31. The summed E-state index contributed by atoms with van der Waals surface area (Å²) >= 11 is 1.83. The van der Waals surface area contributed by atoms with E-state index in [1.807, 2.05) is 25.2 Å². The third-order valence-electron chi connectivity index (χ3n) is 4.82. The Morgan fingerprint density at radius 1 is 1.39 bits per heavy atom. The van der Waals surface area contributed by atoms with Crippen LogP contribution in [-0.2, 0) is 16.4 Å². The summed E-state index contributed by atoms with van der Waals surface area (Å²) in [7, 11) is -2.93. The maximum atomic E-state index is 11.3. The van der Waals surface area contributed by atoms with Crippen molar-refractivity contribution in [2.75, 3.05) is 38.2 Å². The smallest absolute Gasteiger partial charge is 0.191 e. The van der Waals surface area contributed by atoms with E-state index in [2.05, 4.69) is 33.0 Å². The van der Waals surface area contributed by atoms with Crippen molar-refractivity contribution < 1.29 is 8.42 Å². The summed E-state index contributed by atoms with van der Waals surface area (Å²) in [5, 5.41) is 8.74. The van der Waals surface area contributed by atoms with Crippen molar-refractivity contribution >= 4 is 51.1 Å². The average molecular weight is 543 g/mol. The van der Waals surface area contributed by atoms with Gasteiger partial charge in [-0.25, -0.2) is 8.42 Å². The highest BCUT2D eigenvalue weighted by Gasteiger charge is 2.19. The molecule has 1 saturated heterocycles. The monoisotopic (exact) mass is 542 g/mol. The Hall–Kier alpha value is -0.390. The Labute approximate surface area is 191 Å². The van der Waals surface area contributed by atoms with Crippen LogP contribution in [0.2, 0.25) is 0 Å². The summed E-state index contributed by atoms with van der Waals surface area (Å²) in [4.78, 5) is 8.72. The second kappa shape index (κ2) is 13.0. The third-order valence-corrected chi connectivity index (χ3v) is 6.66. The van der Waals surface area contributed by atoms with Crippen LogP contribution in [-0.4, -0.2) is 63.5 Å². The van der Waals surface area contributed by atoms with Crippen molar-refractivity contribution in [3.63, 3.8) is 0 Å². The summed E-state index contributed by atoms with van der Waals surface area (Å²) in [6.45, 7) is 8.99. The van der Waals surface area contributed by atoms with Crippen LogP contribution < -0.4 is 10.6 Å². The van der Waals surface area contributed by atoms with Gasteiger partial charge in [-0.15, -0.1) is 35.3 Å². The third kappa shape index (κ3) is 10.4. The number of piperidine rings is 1. The molecule has 6 nitrogen and oxygen atoms in total. The van der Waals surface area contributed by atoms with Crippen molar-refractivity contribution in [1.29, 1.82) is 0 Å². The zero-order valence-corrected chi connectivity index (χ0v) is 21.1. The van der Waals surface area contributed by atoms with Crippen LogP contribution in [0.15, 0.2) is 22.5 Å². The summed E-state index contributed by atoms with van der Waals surface area (Å²) in [5.74, 6) is 1.61. The first-order valence-corrected chi connectivity index (χ1v) is 12.8. The first-order chi connectivity index (χ1) is 12.9. The largest absolute Gasteiger partial charge is 0.357 e. The molecule has 0 aromatic carbocycles. The Morgan fingerprint density at radius 2 is 2.11 bits per heavy atom. The molecule has 2 heterocycles. The molecule has 1 fully saturated rings. The number of halogens is 1. The van der Waals surface area contributed by atoms with Gasteiger partial charge in [0.15, 0.2) is 5.96 Å². The van der Waals surface area contributed by atoms with Gasteiger partial charge in [-0.1, -0.05) is 6.07 Å². The predicted octanol–water partition coefficient (Wildman–Crippen LogP) is 2.96. The molecule has 0 radical (unpaired) electrons. The van der Waals surface area contributed by atoms with Crippen molar-refractivity contribution in [3.8, 4) is 0 Å². The maximum Gasteiger partial charge on any atom is 0.191 e. The minimum absolute atomic E-state index is 0. The van der Waals surface area contributed by atoms with E-state index in [1.165, 1.54) is 24.0 Å². The number of hydrogen-bond acceptors (Lipinski definition) is 5. The molecule has 1 aliphatic rings. The summed E-state index contributed by atoms with van der Waals surface area (Å²) in [5.41, 5.74) is 0. The molecule has 162 valence electrons. The SMILES string of the molecule is CCNC(=NCC1CCN(Cc2cccs2)CC1)NC(C)CCS(C)(=O)=O.I. The van der Waals surface area contributed by atoms with Crippen LogP contribution in [0.1, 0.15) is 38.0 Å². The minimum atomic E-state index is -2.93. The molecule has 1 aliphatic heterocycles. The fourth-order valence-electron chi connectivity index (χ4n) is 3.19. The van der Waals surface area contributed by atoms with Gasteiger partial charge in [0.1, 0.15) is 9.84 Å². The quantitative estimate of drug-likeness (QED) is 0.285. The van der Waals surface area contributed by atoms with E-state index in [4.69, 9.17) is 4.99 Å². The van der Waals surface area contributed by atoms with Crippen LogP contribution in [0, 0.1) is 5.92 Å². The normalized spacial score (nSPS) is 17.8. The van der Waals surface area contributed by atoms with Crippen LogP contribution in [0.3, 0.4) is 0 Å². The molecule has 1 aromatic heterocycles. The number of aliphatic imine (C=N–C) groups is 1. The van der Waals surface area contributed by atoms with Gasteiger partial charge in [0.2, 0.25) is 0 Å². The lowest BCUT2D eigenvalue weighted by Crippen LogP contribution is -2.43. The lowest BCUT2D eigenvalue weighted by atomic mass is 9.97. The average Bonchev–Trinajstić information content (AvgIpc) is 3.12. The van der Waals surface area contributed by atoms with Gasteiger partial charge in [-0.2, -0.15) is 0 Å². The second-order valence-electron chi connectivity index (χ2n) is 7.48. The number of nitrogens with zero attached hydrogens (tertiary/aromatic N) is 2. The van der Waals surface area contributed by atoms with Gasteiger partial charge in [-0.05, 0) is 63.6 Å². The molecule has 0 aliphatic carbocycles. The Kier molecular flexibility index (Phi) is 11.9. The van der Waals surface area contributed by atoms with E-state index < -0.39 is 9.84 Å². The van der Waals surface area contributed by atoms with Gasteiger partial charge >= 0.3 is 0 Å². The molecule has 0 amide bonds. The predicted molar refractivity (Wildman–Crippen MR) is 131 cm³/mol. The standard InChI is InChI=1S/C19H34N4O2S2.HI/c1-4-20-19(22-16(2)9-13-27(3,24)25)21-14-17-7-10-23(11-8-17)15-18-6-5-12-26-18;/h5-6,12,16-17H,4,7-11,13-15H2,1-3H3,(H2,20,21,22);1H. The fraction of sp³-hybridized carbons (Fsp3) is 0.737. The summed E-state index contributed by atoms with van der Waals surface area (Å²) in [6.07, 6.45) is 4.23. The lowest BCUT2D eigenvalue weighted by molar-refractivity contribution is 0.182. The number of hydrogen-bond donors (Lipinski definition) is 2. The molecular formula is C19H35IN4O2S2. The Bertz CT molecular complexity index is 672. The van der Waals surface area contributed by atoms with Gasteiger partial charge in [0.25, 0.3) is 0 Å². The van der Waals surface area contributed by atoms with Gasteiger partial charge in [0.05, 0.1) is 5.75 Å². The number of rotatable bonds is 9. The zero-order valence-electron chi connectivity index (χ0n) is 17.2. The molecular weight excluding hydrogens is 507 g/mol. The molecule has 2 rings (SSSR count). The molecule has 1 atom stereocenters. The van der Waals surface area contributed by atoms with Crippen LogP contribution in [0.5, 0.6) is 0 Å². The molecule has 0 spiro atoms. The molecule has 2 N–H and O–H groups in total. The number of guanidine groups is 1. The van der Waals surface area contributed by atoms with E-state index in [9.17, 15) is 8.42 Å². The first-order valence-electron chi connectivity index (χ1n) is 9.83. The highest BCUT2D eigenvalue weighted by molar-refractivity contribution is 14.0. The molecule has 0 saturated carbocycles. The van der Waals surface area contributed by atoms with E-state index in [1.54, 1.807) is 0 Å². The van der Waals surface area contributed by atoms with Crippen LogP contribution in [0.4, 0.5) is 0 Å². The number of thiophene rings is 1. The minimum Gasteiger partial charge on any atom is -0.357 e. The molecule has 1 aromatic rings. The summed E-state index contributed by atoms with van der Waals surface area (Å²) < 4.78 is 22.7. The summed E-state index contributed by atoms with van der Waals surface area (Å²) in [6, 6.07) is 4.40. The topological polar surface area (TPSA) is 73.8 Å². The van der Waals surface area contributed by atoms with E-state index >= 15 is 0 Å². The molecule has 0 bridgehead atoms. The maximum absolute atomic E-state index is 11.3. The Morgan fingerprint density at radius 3 is 2.68 bits per heavy atom. The van der Waals surface area contributed by atoms with Crippen LogP contribution in [0.25, 0.3) is 0 Å². The first kappa shape index (κ1) is 25.6. The van der Waals surface area contributed by atoms with E-state index in [0.29, 0.717) is 12.3 Å². The van der Waals surface area contributed by atoms with E-state index in [-0.39, 0.29) is 35.8 Å². The Balaban J connectivity index is 0.00000392. The van der Waals surface area contributed by atoms with Gasteiger partial charge in [0, 0.05) is 36.8 Å². The molecule has 1 unspecified atom stereocenters. The van der Waals surface area contributed by atoms with Gasteiger partial charge in [-0.3, -0.25) is 9.89 Å². The van der Waals surface area contributed by atoms with E-state index in [0.717, 1.165) is 38.7 Å². The van der Waals surface area contributed by atoms with Crippen molar-refractivity contribution in [2.45, 2.75) is 45.7 Å². The highest BCUT2D eigenvalue weighted by Crippen LogP contribution is 2.20. The molecule has 9 heteroatoms. The second-order valence-corrected chi connectivity index (χ2v) is 10.8. The highest BCUT2D eigenvalue weighted by atomic mass is 127. The zero-order chi connectivity index (χ0) is 19.7. The fourth-order valence-corrected chi connectivity index (χ4v) is 4.71. The van der Waals surface area contributed by atoms with Crippen LogP contribution >= 0.6 is 35.3 Å². The van der Waals surface area contributed by atoms with Crippen molar-refractivity contribution in [1.82, 2.24) is 15.5 Å². The number of sulfone groups is 1. The number of nitrogens with one attached hydrogen (secondary N) is 2.